The first-order valence-electron chi connectivity index (χ1n) is 4.07. The third kappa shape index (κ3) is 3.20. The number of hydrogen-bond acceptors (Lipinski definition) is 2. The van der Waals surface area contributed by atoms with E-state index in [1.54, 1.807) is 0 Å². The summed E-state index contributed by atoms with van der Waals surface area (Å²) in [4.78, 5) is 4.03. The van der Waals surface area contributed by atoms with Crippen molar-refractivity contribution >= 4 is 11.9 Å². The minimum Gasteiger partial charge on any atom is -0.308 e. The molecule has 2 nitrogen and oxygen atoms in total. The van der Waals surface area contributed by atoms with Crippen molar-refractivity contribution < 1.29 is 0 Å². The Hall–Kier alpha value is -1.44. The summed E-state index contributed by atoms with van der Waals surface area (Å²) in [5, 5.41) is 7.25. The van der Waals surface area contributed by atoms with Crippen molar-refractivity contribution in [2.24, 2.45) is 4.99 Å². The van der Waals surface area contributed by atoms with Gasteiger partial charge in [0.1, 0.15) is 0 Å². The van der Waals surface area contributed by atoms with Gasteiger partial charge in [0.15, 0.2) is 0 Å². The molecule has 0 heterocycles. The first-order chi connectivity index (χ1) is 6.04. The van der Waals surface area contributed by atoms with Crippen molar-refractivity contribution in [3.63, 3.8) is 0 Å². The van der Waals surface area contributed by atoms with Gasteiger partial charge < -0.3 is 5.41 Å². The van der Waals surface area contributed by atoms with E-state index in [1.165, 1.54) is 12.4 Å². The first-order valence-corrected chi connectivity index (χ1v) is 4.07. The fourth-order valence-electron chi connectivity index (χ4n) is 0.920. The number of hydrogen-bond donors (Lipinski definition) is 1. The minimum absolute atomic E-state index is 0.797. The van der Waals surface area contributed by atoms with Crippen LogP contribution >= 0.6 is 0 Å². The maximum atomic E-state index is 7.25. The van der Waals surface area contributed by atoms with Crippen LogP contribution in [0.5, 0.6) is 0 Å². The predicted molar refractivity (Wildman–Crippen MR) is 59.6 cm³/mol. The standard InChI is InChI=1S/C11H16N2/c1-6-13-10(5)11(7-12)9(4)8(2)3/h6-7,12H,1-2H2,3-5H3/b11-9+,12-7?,13-10?. The van der Waals surface area contributed by atoms with Gasteiger partial charge in [0.05, 0.1) is 0 Å². The van der Waals surface area contributed by atoms with Crippen LogP contribution in [0.15, 0.2) is 41.1 Å². The monoisotopic (exact) mass is 176 g/mol. The molecule has 70 valence electrons. The fourth-order valence-corrected chi connectivity index (χ4v) is 0.920. The Bertz CT molecular complexity index is 293. The molecule has 0 amide bonds. The molecule has 0 aliphatic carbocycles. The van der Waals surface area contributed by atoms with E-state index >= 15 is 0 Å². The van der Waals surface area contributed by atoms with Crippen LogP contribution in [0, 0.1) is 5.41 Å². The van der Waals surface area contributed by atoms with E-state index in [0.717, 1.165) is 22.4 Å². The summed E-state index contributed by atoms with van der Waals surface area (Å²) in [5.74, 6) is 0. The highest BCUT2D eigenvalue weighted by Crippen LogP contribution is 2.12. The van der Waals surface area contributed by atoms with Crippen molar-refractivity contribution in [2.75, 3.05) is 0 Å². The molecule has 2 heteroatoms. The van der Waals surface area contributed by atoms with E-state index in [9.17, 15) is 0 Å². The number of nitrogens with one attached hydrogen (secondary N) is 1. The highest BCUT2D eigenvalue weighted by atomic mass is 14.7. The van der Waals surface area contributed by atoms with Crippen LogP contribution < -0.4 is 0 Å². The zero-order chi connectivity index (χ0) is 10.4. The maximum absolute atomic E-state index is 7.25. The molecular weight excluding hydrogens is 160 g/mol. The summed E-state index contributed by atoms with van der Waals surface area (Å²) >= 11 is 0. The van der Waals surface area contributed by atoms with E-state index in [-0.39, 0.29) is 0 Å². The van der Waals surface area contributed by atoms with E-state index in [2.05, 4.69) is 18.2 Å². The molecule has 0 atom stereocenters. The van der Waals surface area contributed by atoms with Crippen molar-refractivity contribution in [3.05, 3.63) is 36.1 Å². The molecular formula is C11H16N2. The zero-order valence-electron chi connectivity index (χ0n) is 8.52. The molecule has 0 aliphatic heterocycles. The summed E-state index contributed by atoms with van der Waals surface area (Å²) in [6.07, 6.45) is 2.77. The van der Waals surface area contributed by atoms with E-state index in [0.29, 0.717) is 0 Å². The number of aliphatic imine (C=N–C) groups is 1. The van der Waals surface area contributed by atoms with Gasteiger partial charge in [0, 0.05) is 23.7 Å². The Morgan fingerprint density at radius 3 is 2.15 bits per heavy atom. The van der Waals surface area contributed by atoms with Gasteiger partial charge >= 0.3 is 0 Å². The molecule has 13 heavy (non-hydrogen) atoms. The van der Waals surface area contributed by atoms with Crippen molar-refractivity contribution in [2.45, 2.75) is 20.8 Å². The van der Waals surface area contributed by atoms with Gasteiger partial charge in [-0.2, -0.15) is 0 Å². The topological polar surface area (TPSA) is 36.2 Å². The molecule has 0 fully saturated rings. The molecule has 0 spiro atoms. The van der Waals surface area contributed by atoms with Gasteiger partial charge in [-0.3, -0.25) is 4.99 Å². The van der Waals surface area contributed by atoms with E-state index < -0.39 is 0 Å². The van der Waals surface area contributed by atoms with Crippen LogP contribution in [-0.4, -0.2) is 11.9 Å². The quantitative estimate of drug-likeness (QED) is 0.504. The Balaban J connectivity index is 5.22. The van der Waals surface area contributed by atoms with Crippen LogP contribution in [0.4, 0.5) is 0 Å². The second-order valence-corrected chi connectivity index (χ2v) is 2.86. The van der Waals surface area contributed by atoms with E-state index in [4.69, 9.17) is 5.41 Å². The smallest absolute Gasteiger partial charge is 0.0462 e. The van der Waals surface area contributed by atoms with Crippen LogP contribution in [0.25, 0.3) is 0 Å². The van der Waals surface area contributed by atoms with Crippen molar-refractivity contribution in [1.82, 2.24) is 0 Å². The summed E-state index contributed by atoms with van der Waals surface area (Å²) in [6, 6.07) is 0. The Labute approximate surface area is 79.9 Å². The van der Waals surface area contributed by atoms with Gasteiger partial charge in [-0.15, -0.1) is 0 Å². The Morgan fingerprint density at radius 2 is 1.85 bits per heavy atom. The molecule has 0 saturated carbocycles. The molecule has 0 radical (unpaired) electrons. The molecule has 0 aromatic heterocycles. The molecule has 0 unspecified atom stereocenters. The molecule has 0 aliphatic rings. The lowest BCUT2D eigenvalue weighted by molar-refractivity contribution is 1.34. The Morgan fingerprint density at radius 1 is 1.31 bits per heavy atom. The molecule has 0 saturated heterocycles. The van der Waals surface area contributed by atoms with Gasteiger partial charge in [-0.1, -0.05) is 18.7 Å². The zero-order valence-corrected chi connectivity index (χ0v) is 8.52. The van der Waals surface area contributed by atoms with Crippen LogP contribution in [0.3, 0.4) is 0 Å². The number of rotatable bonds is 4. The summed E-state index contributed by atoms with van der Waals surface area (Å²) < 4.78 is 0. The van der Waals surface area contributed by atoms with Crippen molar-refractivity contribution in [1.29, 1.82) is 5.41 Å². The highest BCUT2D eigenvalue weighted by molar-refractivity contribution is 6.15. The third-order valence-corrected chi connectivity index (χ3v) is 1.86. The summed E-state index contributed by atoms with van der Waals surface area (Å²) in [7, 11) is 0. The lowest BCUT2D eigenvalue weighted by Crippen LogP contribution is -2.02. The van der Waals surface area contributed by atoms with Gasteiger partial charge in [0.25, 0.3) is 0 Å². The average molecular weight is 176 g/mol. The second-order valence-electron chi connectivity index (χ2n) is 2.86. The SMILES string of the molecule is C=CN=C(C)/C(C=N)=C(\C)C(=C)C. The molecule has 0 aromatic rings. The summed E-state index contributed by atoms with van der Waals surface area (Å²) in [6.45, 7) is 13.0. The van der Waals surface area contributed by atoms with Gasteiger partial charge in [-0.25, -0.2) is 0 Å². The van der Waals surface area contributed by atoms with Gasteiger partial charge in [-0.05, 0) is 26.3 Å². The van der Waals surface area contributed by atoms with Crippen LogP contribution in [0.2, 0.25) is 0 Å². The third-order valence-electron chi connectivity index (χ3n) is 1.86. The minimum atomic E-state index is 0.797. The normalized spacial score (nSPS) is 13.3. The molecule has 0 bridgehead atoms. The number of allylic oxidation sites excluding steroid dienone is 3. The predicted octanol–water partition coefficient (Wildman–Crippen LogP) is 3.13. The Kier molecular flexibility index (Phi) is 4.67. The highest BCUT2D eigenvalue weighted by Gasteiger charge is 2.03. The van der Waals surface area contributed by atoms with Gasteiger partial charge in [0.2, 0.25) is 0 Å². The van der Waals surface area contributed by atoms with Crippen LogP contribution in [-0.2, 0) is 0 Å². The number of nitrogens with zero attached hydrogens (tertiary/aromatic N) is 1. The molecule has 0 aromatic carbocycles. The first kappa shape index (κ1) is 11.6. The molecule has 0 rings (SSSR count). The average Bonchev–Trinajstić information content (AvgIpc) is 2.05. The largest absolute Gasteiger partial charge is 0.308 e. The fraction of sp³-hybridized carbons (Fsp3) is 0.273. The van der Waals surface area contributed by atoms with E-state index in [1.807, 2.05) is 20.8 Å². The maximum Gasteiger partial charge on any atom is 0.0462 e. The lowest BCUT2D eigenvalue weighted by Gasteiger charge is -2.06. The lowest BCUT2D eigenvalue weighted by atomic mass is 10.0. The van der Waals surface area contributed by atoms with Crippen LogP contribution in [0.1, 0.15) is 20.8 Å². The molecule has 1 N–H and O–H groups in total. The second kappa shape index (κ2) is 5.25. The van der Waals surface area contributed by atoms with Crippen molar-refractivity contribution in [3.8, 4) is 0 Å². The summed E-state index contributed by atoms with van der Waals surface area (Å²) in [5.41, 5.74) is 3.56.